The summed E-state index contributed by atoms with van der Waals surface area (Å²) < 4.78 is 10.5. The molecule has 1 atom stereocenters. The molecule has 0 spiro atoms. The van der Waals surface area contributed by atoms with E-state index < -0.39 is 17.7 Å². The minimum Gasteiger partial charge on any atom is -0.508 e. The number of aliphatic hydroxyl groups excluding tert-OH is 1. The van der Waals surface area contributed by atoms with Gasteiger partial charge in [-0.05, 0) is 48.4 Å². The van der Waals surface area contributed by atoms with Crippen LogP contribution in [0.4, 0.5) is 0 Å². The fourth-order valence-corrected chi connectivity index (χ4v) is 4.31. The molecule has 1 unspecified atom stereocenters. The molecule has 2 fully saturated rings. The summed E-state index contributed by atoms with van der Waals surface area (Å²) >= 11 is 0. The lowest BCUT2D eigenvalue weighted by molar-refractivity contribution is -0.140. The molecule has 2 aromatic carbocycles. The number of phenols is 1. The molecule has 1 amide bonds. The molecule has 0 aliphatic carbocycles. The van der Waals surface area contributed by atoms with Crippen LogP contribution in [-0.2, 0) is 14.3 Å². The van der Waals surface area contributed by atoms with Gasteiger partial charge in [-0.25, -0.2) is 0 Å². The average Bonchev–Trinajstić information content (AvgIpc) is 3.10. The smallest absolute Gasteiger partial charge is 0.295 e. The van der Waals surface area contributed by atoms with Crippen LogP contribution in [0.25, 0.3) is 5.76 Å². The van der Waals surface area contributed by atoms with Crippen molar-refractivity contribution in [1.29, 1.82) is 0 Å². The summed E-state index contributed by atoms with van der Waals surface area (Å²) in [7, 11) is 1.54. The van der Waals surface area contributed by atoms with Gasteiger partial charge in [-0.1, -0.05) is 12.1 Å². The summed E-state index contributed by atoms with van der Waals surface area (Å²) in [5.74, 6) is -0.883. The van der Waals surface area contributed by atoms with E-state index in [2.05, 4.69) is 4.90 Å². The summed E-state index contributed by atoms with van der Waals surface area (Å²) in [6.07, 6.45) is 0.685. The molecule has 8 heteroatoms. The lowest BCUT2D eigenvalue weighted by atomic mass is 9.95. The molecule has 8 nitrogen and oxygen atoms in total. The van der Waals surface area contributed by atoms with Gasteiger partial charge in [-0.15, -0.1) is 0 Å². The van der Waals surface area contributed by atoms with E-state index in [1.54, 1.807) is 43.5 Å². The predicted molar refractivity (Wildman–Crippen MR) is 122 cm³/mol. The first-order valence-electron chi connectivity index (χ1n) is 11.0. The van der Waals surface area contributed by atoms with Gasteiger partial charge in [-0.2, -0.15) is 0 Å². The Balaban J connectivity index is 1.65. The first-order valence-corrected chi connectivity index (χ1v) is 11.0. The van der Waals surface area contributed by atoms with Crippen LogP contribution in [0.3, 0.4) is 0 Å². The van der Waals surface area contributed by atoms with Gasteiger partial charge in [0.05, 0.1) is 31.9 Å². The first-order chi connectivity index (χ1) is 16.0. The number of nitrogens with zero attached hydrogens (tertiary/aromatic N) is 2. The van der Waals surface area contributed by atoms with Gasteiger partial charge in [0.25, 0.3) is 11.7 Å². The highest BCUT2D eigenvalue weighted by Crippen LogP contribution is 2.40. The molecule has 0 aromatic heterocycles. The van der Waals surface area contributed by atoms with Crippen LogP contribution in [0.15, 0.2) is 54.1 Å². The number of rotatable bonds is 7. The maximum Gasteiger partial charge on any atom is 0.295 e. The number of morpholine rings is 1. The average molecular weight is 453 g/mol. The van der Waals surface area contributed by atoms with Gasteiger partial charge in [0, 0.05) is 31.7 Å². The maximum absolute atomic E-state index is 13.1. The normalized spacial score (nSPS) is 20.9. The van der Waals surface area contributed by atoms with Crippen LogP contribution in [0.2, 0.25) is 0 Å². The third-order valence-electron chi connectivity index (χ3n) is 6.09. The number of aliphatic hydroxyl groups is 1. The number of methoxy groups -OCH3 is 1. The summed E-state index contributed by atoms with van der Waals surface area (Å²) in [4.78, 5) is 29.9. The van der Waals surface area contributed by atoms with E-state index in [1.165, 1.54) is 17.0 Å². The van der Waals surface area contributed by atoms with E-state index in [0.717, 1.165) is 19.6 Å². The molecule has 2 aliphatic rings. The van der Waals surface area contributed by atoms with Gasteiger partial charge in [-0.3, -0.25) is 14.5 Å². The number of carbonyl (C=O) groups excluding carboxylic acids is 2. The molecule has 2 heterocycles. The van der Waals surface area contributed by atoms with E-state index >= 15 is 0 Å². The molecule has 2 saturated heterocycles. The number of carbonyl (C=O) groups is 2. The van der Waals surface area contributed by atoms with Crippen molar-refractivity contribution in [1.82, 2.24) is 9.80 Å². The van der Waals surface area contributed by atoms with Crippen LogP contribution in [-0.4, -0.2) is 78.2 Å². The van der Waals surface area contributed by atoms with Crippen molar-refractivity contribution in [3.05, 3.63) is 65.2 Å². The molecule has 0 bridgehead atoms. The number of ether oxygens (including phenoxy) is 2. The number of likely N-dealkylation sites (tertiary alicyclic amines) is 1. The summed E-state index contributed by atoms with van der Waals surface area (Å²) in [5, 5.41) is 20.8. The van der Waals surface area contributed by atoms with Crippen LogP contribution >= 0.6 is 0 Å². The third kappa shape index (κ3) is 4.86. The minimum absolute atomic E-state index is 0.0437. The van der Waals surface area contributed by atoms with Crippen LogP contribution in [0.1, 0.15) is 23.6 Å². The van der Waals surface area contributed by atoms with E-state index in [9.17, 15) is 19.8 Å². The highest BCUT2D eigenvalue weighted by Gasteiger charge is 2.45. The maximum atomic E-state index is 13.1. The third-order valence-corrected chi connectivity index (χ3v) is 6.09. The summed E-state index contributed by atoms with van der Waals surface area (Å²) in [6, 6.07) is 12.3. The summed E-state index contributed by atoms with van der Waals surface area (Å²) in [6.45, 7) is 4.23. The van der Waals surface area contributed by atoms with E-state index in [0.29, 0.717) is 43.1 Å². The number of hydrogen-bond donors (Lipinski definition) is 2. The Kier molecular flexibility index (Phi) is 6.96. The van der Waals surface area contributed by atoms with Gasteiger partial charge in [0.2, 0.25) is 0 Å². The predicted octanol–water partition coefficient (Wildman–Crippen LogP) is 2.54. The Labute approximate surface area is 192 Å². The molecule has 0 saturated carbocycles. The molecule has 0 radical (unpaired) electrons. The lowest BCUT2D eigenvalue weighted by Gasteiger charge is -2.29. The number of ketones is 1. The van der Waals surface area contributed by atoms with Crippen molar-refractivity contribution >= 4 is 17.4 Å². The highest BCUT2D eigenvalue weighted by molar-refractivity contribution is 6.46. The lowest BCUT2D eigenvalue weighted by Crippen LogP contribution is -2.38. The van der Waals surface area contributed by atoms with Crippen molar-refractivity contribution in [3.8, 4) is 11.5 Å². The molecule has 2 aromatic rings. The van der Waals surface area contributed by atoms with Gasteiger partial charge >= 0.3 is 0 Å². The molecular weight excluding hydrogens is 424 g/mol. The second-order valence-corrected chi connectivity index (χ2v) is 8.12. The first kappa shape index (κ1) is 22.8. The Morgan fingerprint density at radius 1 is 1.03 bits per heavy atom. The molecular formula is C25H28N2O6. The molecule has 33 heavy (non-hydrogen) atoms. The van der Waals surface area contributed by atoms with Gasteiger partial charge in [0.1, 0.15) is 17.3 Å². The number of aromatic hydroxyl groups is 1. The molecule has 2 N–H and O–H groups in total. The zero-order valence-electron chi connectivity index (χ0n) is 18.6. The highest BCUT2D eigenvalue weighted by atomic mass is 16.5. The van der Waals surface area contributed by atoms with Gasteiger partial charge in [0.15, 0.2) is 0 Å². The second-order valence-electron chi connectivity index (χ2n) is 8.12. The largest absolute Gasteiger partial charge is 0.508 e. The number of phenolic OH excluding ortho intramolecular Hbond substituents is 1. The fraction of sp³-hybridized carbons (Fsp3) is 0.360. The Hall–Kier alpha value is -3.36. The van der Waals surface area contributed by atoms with E-state index in [1.807, 2.05) is 0 Å². The quantitative estimate of drug-likeness (QED) is 0.378. The molecule has 174 valence electrons. The zero-order valence-corrected chi connectivity index (χ0v) is 18.6. The Morgan fingerprint density at radius 2 is 1.70 bits per heavy atom. The monoisotopic (exact) mass is 452 g/mol. The van der Waals surface area contributed by atoms with Crippen LogP contribution in [0.5, 0.6) is 11.5 Å². The van der Waals surface area contributed by atoms with Crippen LogP contribution in [0, 0.1) is 0 Å². The van der Waals surface area contributed by atoms with Gasteiger partial charge < -0.3 is 24.6 Å². The molecule has 4 rings (SSSR count). The van der Waals surface area contributed by atoms with E-state index in [4.69, 9.17) is 9.47 Å². The number of amides is 1. The zero-order chi connectivity index (χ0) is 23.4. The topological polar surface area (TPSA) is 99.5 Å². The standard InChI is InChI=1S/C25H28N2O6/c1-32-20-9-5-18(6-10-20)23(29)21-22(17-3-7-19(28)8-4-17)27(25(31)24(21)30)12-2-11-26-13-15-33-16-14-26/h3-10,22,28-29H,2,11-16H2,1H3/b23-21+. The second kappa shape index (κ2) is 10.1. The number of hydrogen-bond acceptors (Lipinski definition) is 7. The summed E-state index contributed by atoms with van der Waals surface area (Å²) in [5.41, 5.74) is 1.11. The Bertz CT molecular complexity index is 1030. The van der Waals surface area contributed by atoms with Crippen molar-refractivity contribution < 1.29 is 29.3 Å². The minimum atomic E-state index is -0.739. The SMILES string of the molecule is COc1ccc(/C(O)=C2\C(=O)C(=O)N(CCCN3CCOCC3)C2c2ccc(O)cc2)cc1. The van der Waals surface area contributed by atoms with Crippen LogP contribution < -0.4 is 4.74 Å². The molecule has 2 aliphatic heterocycles. The number of Topliss-reactive ketones (excluding diaryl/α,β-unsaturated/α-hetero) is 1. The van der Waals surface area contributed by atoms with Crippen molar-refractivity contribution in [2.24, 2.45) is 0 Å². The van der Waals surface area contributed by atoms with Crippen molar-refractivity contribution in [2.75, 3.05) is 46.5 Å². The number of benzene rings is 2. The van der Waals surface area contributed by atoms with E-state index in [-0.39, 0.29) is 17.1 Å². The Morgan fingerprint density at radius 3 is 2.33 bits per heavy atom. The fourth-order valence-electron chi connectivity index (χ4n) is 4.31. The van der Waals surface area contributed by atoms with Crippen molar-refractivity contribution in [3.63, 3.8) is 0 Å². The van der Waals surface area contributed by atoms with Crippen molar-refractivity contribution in [2.45, 2.75) is 12.5 Å².